The zero-order valence-electron chi connectivity index (χ0n) is 22.7. The summed E-state index contributed by atoms with van der Waals surface area (Å²) in [4.78, 5) is 10.3. The summed E-state index contributed by atoms with van der Waals surface area (Å²) in [6.07, 6.45) is 8.95. The fourth-order valence-electron chi connectivity index (χ4n) is 4.19. The number of hydrogen-bond donors (Lipinski definition) is 2. The van der Waals surface area contributed by atoms with E-state index in [4.69, 9.17) is 25.4 Å². The van der Waals surface area contributed by atoms with E-state index in [2.05, 4.69) is 41.1 Å². The Bertz CT molecular complexity index is 1320. The molecule has 3 N–H and O–H groups in total. The van der Waals surface area contributed by atoms with E-state index in [-0.39, 0.29) is 5.84 Å². The van der Waals surface area contributed by atoms with Crippen LogP contribution in [-0.4, -0.2) is 38.5 Å². The minimum atomic E-state index is -0.444. The zero-order chi connectivity index (χ0) is 27.6. The fraction of sp³-hybridized carbons (Fsp3) is 0.345. The summed E-state index contributed by atoms with van der Waals surface area (Å²) in [7, 11) is 0. The Morgan fingerprint density at radius 3 is 2.36 bits per heavy atom. The average molecular weight is 549 g/mol. The molecule has 10 heteroatoms. The van der Waals surface area contributed by atoms with Crippen LogP contribution in [0.2, 0.25) is 0 Å². The van der Waals surface area contributed by atoms with E-state index in [1.807, 2.05) is 36.3 Å². The van der Waals surface area contributed by atoms with Crippen molar-refractivity contribution in [1.82, 2.24) is 14.6 Å². The molecule has 0 aliphatic rings. The van der Waals surface area contributed by atoms with Crippen LogP contribution < -0.4 is 20.2 Å². The number of unbranched alkanes of at least 4 members (excludes halogenated alkanes) is 1. The van der Waals surface area contributed by atoms with Crippen molar-refractivity contribution in [1.29, 1.82) is 0 Å². The highest BCUT2D eigenvalue weighted by Gasteiger charge is 2.17. The van der Waals surface area contributed by atoms with Gasteiger partial charge in [0.05, 0.1) is 22.1 Å². The molecule has 0 amide bonds. The highest BCUT2D eigenvalue weighted by atomic mass is 32.1. The number of oxime groups is 1. The Morgan fingerprint density at radius 2 is 1.77 bits per heavy atom. The summed E-state index contributed by atoms with van der Waals surface area (Å²) in [6.45, 7) is 8.04. The second-order valence-corrected chi connectivity index (χ2v) is 10.5. The Kier molecular flexibility index (Phi) is 9.80. The van der Waals surface area contributed by atoms with E-state index in [9.17, 15) is 0 Å². The summed E-state index contributed by atoms with van der Waals surface area (Å²) in [5, 5.41) is 15.2. The topological polar surface area (TPSA) is 111 Å². The van der Waals surface area contributed by atoms with Crippen molar-refractivity contribution in [2.24, 2.45) is 10.9 Å². The van der Waals surface area contributed by atoms with Gasteiger partial charge in [0, 0.05) is 36.5 Å². The molecular weight excluding hydrogens is 512 g/mol. The molecule has 39 heavy (non-hydrogen) atoms. The molecule has 0 saturated heterocycles. The highest BCUT2D eigenvalue weighted by molar-refractivity contribution is 7.12. The SMILES string of the molecule is CCCCC(Oc1ccc(C(N)=NO)cc1)Oc1ccc(-c2nc(C)sc2CN(CCC)n2ccnc2)cc1. The van der Waals surface area contributed by atoms with Gasteiger partial charge in [-0.1, -0.05) is 25.4 Å². The maximum Gasteiger partial charge on any atom is 0.241 e. The number of hydrogen-bond acceptors (Lipinski definition) is 8. The lowest BCUT2D eigenvalue weighted by Gasteiger charge is -2.24. The van der Waals surface area contributed by atoms with Gasteiger partial charge >= 0.3 is 0 Å². The quantitative estimate of drug-likeness (QED) is 0.0660. The number of imidazole rings is 1. The zero-order valence-corrected chi connectivity index (χ0v) is 23.5. The molecule has 0 aliphatic heterocycles. The summed E-state index contributed by atoms with van der Waals surface area (Å²) in [6, 6.07) is 15.1. The van der Waals surface area contributed by atoms with Crippen molar-refractivity contribution in [2.75, 3.05) is 11.6 Å². The first-order valence-electron chi connectivity index (χ1n) is 13.2. The van der Waals surface area contributed by atoms with E-state index < -0.39 is 6.29 Å². The number of rotatable bonds is 14. The summed E-state index contributed by atoms with van der Waals surface area (Å²) < 4.78 is 14.4. The molecule has 0 fully saturated rings. The first kappa shape index (κ1) is 28.0. The van der Waals surface area contributed by atoms with Crippen LogP contribution in [-0.2, 0) is 6.54 Å². The third-order valence-corrected chi connectivity index (χ3v) is 7.10. The normalized spacial score (nSPS) is 12.3. The van der Waals surface area contributed by atoms with Crippen LogP contribution in [0.25, 0.3) is 11.3 Å². The van der Waals surface area contributed by atoms with Gasteiger partial charge in [-0.3, -0.25) is 4.68 Å². The van der Waals surface area contributed by atoms with Crippen LogP contribution in [0.5, 0.6) is 11.5 Å². The van der Waals surface area contributed by atoms with Crippen LogP contribution in [0.3, 0.4) is 0 Å². The number of aromatic nitrogens is 3. The predicted molar refractivity (Wildman–Crippen MR) is 155 cm³/mol. The van der Waals surface area contributed by atoms with Gasteiger partial charge < -0.3 is 25.4 Å². The lowest BCUT2D eigenvalue weighted by atomic mass is 10.1. The van der Waals surface area contributed by atoms with Gasteiger partial charge in [0.25, 0.3) is 0 Å². The predicted octanol–water partition coefficient (Wildman–Crippen LogP) is 5.93. The molecule has 4 aromatic rings. The number of amidine groups is 1. The first-order chi connectivity index (χ1) is 19.0. The van der Waals surface area contributed by atoms with E-state index in [0.717, 1.165) is 60.8 Å². The summed E-state index contributed by atoms with van der Waals surface area (Å²) >= 11 is 1.72. The third kappa shape index (κ3) is 7.51. The minimum absolute atomic E-state index is 0.0543. The second kappa shape index (κ2) is 13.7. The molecule has 2 aromatic carbocycles. The van der Waals surface area contributed by atoms with Crippen LogP contribution in [0.4, 0.5) is 0 Å². The van der Waals surface area contributed by atoms with Gasteiger partial charge in [-0.2, -0.15) is 0 Å². The molecule has 0 radical (unpaired) electrons. The van der Waals surface area contributed by atoms with Gasteiger partial charge in [0.15, 0.2) is 5.84 Å². The molecule has 2 aromatic heterocycles. The van der Waals surface area contributed by atoms with E-state index >= 15 is 0 Å². The number of thiazole rings is 1. The molecule has 0 bridgehead atoms. The van der Waals surface area contributed by atoms with Crippen molar-refractivity contribution in [2.45, 2.75) is 59.3 Å². The van der Waals surface area contributed by atoms with E-state index in [1.54, 1.807) is 41.8 Å². The molecule has 4 rings (SSSR count). The molecule has 1 atom stereocenters. The summed E-state index contributed by atoms with van der Waals surface area (Å²) in [5.41, 5.74) is 8.32. The van der Waals surface area contributed by atoms with Gasteiger partial charge in [0.1, 0.15) is 17.8 Å². The Morgan fingerprint density at radius 1 is 1.08 bits per heavy atom. The maximum absolute atomic E-state index is 8.87. The Hall–Kier alpha value is -4.05. The largest absolute Gasteiger partial charge is 0.455 e. The first-order valence-corrected chi connectivity index (χ1v) is 14.0. The average Bonchev–Trinajstić information content (AvgIpc) is 3.62. The van der Waals surface area contributed by atoms with Gasteiger partial charge in [0.2, 0.25) is 6.29 Å². The molecule has 2 heterocycles. The summed E-state index contributed by atoms with van der Waals surface area (Å²) in [5.74, 6) is 1.44. The van der Waals surface area contributed by atoms with Crippen molar-refractivity contribution in [3.63, 3.8) is 0 Å². The lowest BCUT2D eigenvalue weighted by molar-refractivity contribution is -0.00211. The van der Waals surface area contributed by atoms with Gasteiger partial charge in [-0.15, -0.1) is 11.3 Å². The smallest absolute Gasteiger partial charge is 0.241 e. The van der Waals surface area contributed by atoms with Gasteiger partial charge in [-0.25, -0.2) is 9.97 Å². The molecule has 206 valence electrons. The molecule has 0 aliphatic carbocycles. The maximum atomic E-state index is 8.87. The monoisotopic (exact) mass is 548 g/mol. The second-order valence-electron chi connectivity index (χ2n) is 9.18. The molecular formula is C29H36N6O3S. The highest BCUT2D eigenvalue weighted by Crippen LogP contribution is 2.31. The number of nitrogens with zero attached hydrogens (tertiary/aromatic N) is 5. The van der Waals surface area contributed by atoms with Crippen LogP contribution in [0.15, 0.2) is 72.4 Å². The number of benzene rings is 2. The number of ether oxygens (including phenoxy) is 2. The number of aryl methyl sites for hydroxylation is 1. The van der Waals surface area contributed by atoms with Crippen LogP contribution in [0, 0.1) is 6.92 Å². The molecule has 9 nitrogen and oxygen atoms in total. The Balaban J connectivity index is 1.47. The fourth-order valence-corrected chi connectivity index (χ4v) is 5.16. The van der Waals surface area contributed by atoms with E-state index in [1.165, 1.54) is 4.88 Å². The van der Waals surface area contributed by atoms with Crippen LogP contribution >= 0.6 is 11.3 Å². The molecule has 0 spiro atoms. The molecule has 1 unspecified atom stereocenters. The van der Waals surface area contributed by atoms with E-state index in [0.29, 0.717) is 11.3 Å². The van der Waals surface area contributed by atoms with Crippen molar-refractivity contribution in [3.8, 4) is 22.8 Å². The van der Waals surface area contributed by atoms with Crippen molar-refractivity contribution >= 4 is 17.2 Å². The van der Waals surface area contributed by atoms with Crippen molar-refractivity contribution < 1.29 is 14.7 Å². The van der Waals surface area contributed by atoms with Gasteiger partial charge in [-0.05, 0) is 68.3 Å². The molecule has 0 saturated carbocycles. The minimum Gasteiger partial charge on any atom is -0.455 e. The number of nitrogens with two attached hydrogens (primary N) is 1. The third-order valence-electron chi connectivity index (χ3n) is 6.14. The standard InChI is InChI=1S/C29H36N6O3S/c1-4-6-7-27(38-25-14-10-23(11-15-25)29(30)33-36)37-24-12-8-22(9-13-24)28-26(39-21(3)32-28)19-34(17-5-2)35-18-16-31-20-35/h8-16,18,20,27,36H,4-7,17,19H2,1-3H3,(H2,30,33). The lowest BCUT2D eigenvalue weighted by Crippen LogP contribution is -2.33. The van der Waals surface area contributed by atoms with Crippen molar-refractivity contribution in [3.05, 3.63) is 82.7 Å². The van der Waals surface area contributed by atoms with Crippen LogP contribution in [0.1, 0.15) is 55.0 Å². The Labute approximate surface area is 233 Å².